The molecule has 2 aromatic carbocycles. The Kier molecular flexibility index (Phi) is 6.17. The van der Waals surface area contributed by atoms with Gasteiger partial charge in [-0.3, -0.25) is 9.52 Å². The first kappa shape index (κ1) is 21.2. The highest BCUT2D eigenvalue weighted by Gasteiger charge is 2.38. The predicted molar refractivity (Wildman–Crippen MR) is 115 cm³/mol. The summed E-state index contributed by atoms with van der Waals surface area (Å²) < 4.78 is 31.2. The zero-order valence-corrected chi connectivity index (χ0v) is 17.9. The van der Waals surface area contributed by atoms with E-state index < -0.39 is 10.0 Å². The summed E-state index contributed by atoms with van der Waals surface area (Å²) in [5.41, 5.74) is 2.58. The van der Waals surface area contributed by atoms with Crippen molar-refractivity contribution in [2.75, 3.05) is 24.6 Å². The minimum absolute atomic E-state index is 0.152. The number of methoxy groups -OCH3 is 1. The van der Waals surface area contributed by atoms with Crippen LogP contribution >= 0.6 is 0 Å². The van der Waals surface area contributed by atoms with E-state index in [1.54, 1.807) is 32.2 Å². The summed E-state index contributed by atoms with van der Waals surface area (Å²) in [6, 6.07) is 13.0. The summed E-state index contributed by atoms with van der Waals surface area (Å²) in [6.45, 7) is 2.30. The van der Waals surface area contributed by atoms with Crippen molar-refractivity contribution in [1.29, 1.82) is 0 Å². The molecule has 6 nitrogen and oxygen atoms in total. The molecule has 1 aliphatic rings. The standard InChI is InChI=1S/C22H28N2O4S/c1-16-10-11-17(14-19(16)24-29(3,26)27)21(25)23-15-22(12-6-7-13-22)18-8-4-5-9-20(18)28-2/h4-5,8-11,14,24H,6-7,12-13,15H2,1-3H3,(H,23,25). The van der Waals surface area contributed by atoms with Crippen molar-refractivity contribution >= 4 is 21.6 Å². The zero-order chi connectivity index (χ0) is 21.1. The minimum Gasteiger partial charge on any atom is -0.496 e. The predicted octanol–water partition coefficient (Wildman–Crippen LogP) is 3.62. The molecule has 3 rings (SSSR count). The van der Waals surface area contributed by atoms with Gasteiger partial charge in [0.1, 0.15) is 5.75 Å². The number of carbonyl (C=O) groups is 1. The Balaban J connectivity index is 1.81. The van der Waals surface area contributed by atoms with Crippen molar-refractivity contribution in [2.24, 2.45) is 0 Å². The Morgan fingerprint density at radius 2 is 1.83 bits per heavy atom. The van der Waals surface area contributed by atoms with Gasteiger partial charge in [-0.15, -0.1) is 0 Å². The van der Waals surface area contributed by atoms with Gasteiger partial charge >= 0.3 is 0 Å². The molecule has 0 atom stereocenters. The van der Waals surface area contributed by atoms with E-state index in [-0.39, 0.29) is 11.3 Å². The summed E-state index contributed by atoms with van der Waals surface area (Å²) in [6.07, 6.45) is 5.29. The molecular formula is C22H28N2O4S. The fourth-order valence-corrected chi connectivity index (χ4v) is 4.72. The van der Waals surface area contributed by atoms with Crippen LogP contribution in [0.3, 0.4) is 0 Å². The SMILES string of the molecule is COc1ccccc1C1(CNC(=O)c2ccc(C)c(NS(C)(=O)=O)c2)CCCC1. The monoisotopic (exact) mass is 416 g/mol. The number of hydrogen-bond donors (Lipinski definition) is 2. The van der Waals surface area contributed by atoms with Crippen LogP contribution in [0, 0.1) is 6.92 Å². The van der Waals surface area contributed by atoms with Gasteiger partial charge in [-0.25, -0.2) is 8.42 Å². The second-order valence-electron chi connectivity index (χ2n) is 7.77. The van der Waals surface area contributed by atoms with Gasteiger partial charge in [0, 0.05) is 23.1 Å². The Bertz CT molecular complexity index is 996. The first-order valence-corrected chi connectivity index (χ1v) is 11.6. The lowest BCUT2D eigenvalue weighted by Crippen LogP contribution is -2.39. The van der Waals surface area contributed by atoms with Crippen LogP contribution in [0.1, 0.15) is 47.2 Å². The number of anilines is 1. The average molecular weight is 417 g/mol. The van der Waals surface area contributed by atoms with Gasteiger partial charge in [-0.05, 0) is 43.5 Å². The molecule has 1 fully saturated rings. The fraction of sp³-hybridized carbons (Fsp3) is 0.409. The molecule has 2 N–H and O–H groups in total. The molecule has 0 saturated heterocycles. The number of ether oxygens (including phenoxy) is 1. The number of para-hydroxylation sites is 1. The van der Waals surface area contributed by atoms with Crippen LogP contribution < -0.4 is 14.8 Å². The van der Waals surface area contributed by atoms with Crippen molar-refractivity contribution in [3.63, 3.8) is 0 Å². The third-order valence-corrected chi connectivity index (χ3v) is 6.21. The fourth-order valence-electron chi connectivity index (χ4n) is 4.10. The van der Waals surface area contributed by atoms with E-state index >= 15 is 0 Å². The van der Waals surface area contributed by atoms with E-state index in [2.05, 4.69) is 16.1 Å². The second-order valence-corrected chi connectivity index (χ2v) is 9.52. The molecule has 0 aliphatic heterocycles. The number of rotatable bonds is 7. The Labute approximate surface area is 172 Å². The maximum Gasteiger partial charge on any atom is 0.251 e. The summed E-state index contributed by atoms with van der Waals surface area (Å²) >= 11 is 0. The van der Waals surface area contributed by atoms with E-state index in [0.29, 0.717) is 17.8 Å². The molecule has 7 heteroatoms. The van der Waals surface area contributed by atoms with Gasteiger partial charge in [-0.1, -0.05) is 37.1 Å². The lowest BCUT2D eigenvalue weighted by Gasteiger charge is -2.31. The van der Waals surface area contributed by atoms with Crippen LogP contribution in [0.5, 0.6) is 5.75 Å². The molecule has 1 amide bonds. The maximum absolute atomic E-state index is 12.8. The first-order chi connectivity index (χ1) is 13.7. The van der Waals surface area contributed by atoms with Gasteiger partial charge in [0.25, 0.3) is 5.91 Å². The van der Waals surface area contributed by atoms with Crippen molar-refractivity contribution in [3.8, 4) is 5.75 Å². The van der Waals surface area contributed by atoms with Gasteiger partial charge in [0.05, 0.1) is 19.1 Å². The van der Waals surface area contributed by atoms with Gasteiger partial charge in [-0.2, -0.15) is 0 Å². The van der Waals surface area contributed by atoms with E-state index in [0.717, 1.165) is 48.8 Å². The highest BCUT2D eigenvalue weighted by Crippen LogP contribution is 2.44. The molecule has 156 valence electrons. The molecule has 29 heavy (non-hydrogen) atoms. The molecule has 0 radical (unpaired) electrons. The lowest BCUT2D eigenvalue weighted by molar-refractivity contribution is 0.0942. The molecule has 0 heterocycles. The van der Waals surface area contributed by atoms with Crippen LogP contribution in [-0.4, -0.2) is 34.2 Å². The van der Waals surface area contributed by atoms with E-state index in [4.69, 9.17) is 4.74 Å². The summed E-state index contributed by atoms with van der Waals surface area (Å²) in [4.78, 5) is 12.8. The van der Waals surface area contributed by atoms with Crippen molar-refractivity contribution in [2.45, 2.75) is 38.0 Å². The quantitative estimate of drug-likeness (QED) is 0.722. The van der Waals surface area contributed by atoms with Crippen LogP contribution in [0.25, 0.3) is 0 Å². The summed E-state index contributed by atoms with van der Waals surface area (Å²) in [5, 5.41) is 3.07. The van der Waals surface area contributed by atoms with E-state index in [1.807, 2.05) is 18.2 Å². The van der Waals surface area contributed by atoms with Crippen LogP contribution in [0.4, 0.5) is 5.69 Å². The highest BCUT2D eigenvalue weighted by molar-refractivity contribution is 7.92. The number of carbonyl (C=O) groups excluding carboxylic acids is 1. The third kappa shape index (κ3) is 4.90. The molecular weight excluding hydrogens is 388 g/mol. The molecule has 1 saturated carbocycles. The highest BCUT2D eigenvalue weighted by atomic mass is 32.2. The smallest absolute Gasteiger partial charge is 0.251 e. The number of amides is 1. The Hall–Kier alpha value is -2.54. The maximum atomic E-state index is 12.8. The largest absolute Gasteiger partial charge is 0.496 e. The lowest BCUT2D eigenvalue weighted by atomic mass is 9.78. The number of hydrogen-bond acceptors (Lipinski definition) is 4. The van der Waals surface area contributed by atoms with Crippen molar-refractivity contribution in [1.82, 2.24) is 5.32 Å². The van der Waals surface area contributed by atoms with E-state index in [1.165, 1.54) is 0 Å². The Morgan fingerprint density at radius 1 is 1.14 bits per heavy atom. The van der Waals surface area contributed by atoms with Gasteiger partial charge in [0.15, 0.2) is 0 Å². The molecule has 0 bridgehead atoms. The average Bonchev–Trinajstić information content (AvgIpc) is 3.17. The van der Waals surface area contributed by atoms with Crippen LogP contribution in [0.15, 0.2) is 42.5 Å². The number of sulfonamides is 1. The molecule has 1 aliphatic carbocycles. The molecule has 0 spiro atoms. The zero-order valence-electron chi connectivity index (χ0n) is 17.1. The number of nitrogens with one attached hydrogen (secondary N) is 2. The Morgan fingerprint density at radius 3 is 2.48 bits per heavy atom. The van der Waals surface area contributed by atoms with Gasteiger partial charge < -0.3 is 10.1 Å². The number of benzene rings is 2. The van der Waals surface area contributed by atoms with Crippen LogP contribution in [0.2, 0.25) is 0 Å². The minimum atomic E-state index is -3.42. The normalized spacial score (nSPS) is 15.7. The first-order valence-electron chi connectivity index (χ1n) is 9.74. The number of aryl methyl sites for hydroxylation is 1. The summed E-state index contributed by atoms with van der Waals surface area (Å²) in [7, 11) is -1.75. The topological polar surface area (TPSA) is 84.5 Å². The molecule has 0 aromatic heterocycles. The second kappa shape index (κ2) is 8.45. The van der Waals surface area contributed by atoms with Crippen molar-refractivity contribution in [3.05, 3.63) is 59.2 Å². The van der Waals surface area contributed by atoms with Gasteiger partial charge in [0.2, 0.25) is 10.0 Å². The molecule has 0 unspecified atom stereocenters. The third-order valence-electron chi connectivity index (χ3n) is 5.62. The molecule has 2 aromatic rings. The summed E-state index contributed by atoms with van der Waals surface area (Å²) in [5.74, 6) is 0.626. The van der Waals surface area contributed by atoms with E-state index in [9.17, 15) is 13.2 Å². The van der Waals surface area contributed by atoms with Crippen LogP contribution in [-0.2, 0) is 15.4 Å². The van der Waals surface area contributed by atoms with Crippen molar-refractivity contribution < 1.29 is 17.9 Å².